The summed E-state index contributed by atoms with van der Waals surface area (Å²) in [6.45, 7) is -2.67. The molecule has 0 amide bonds. The number of aliphatic hydroxyl groups is 2. The summed E-state index contributed by atoms with van der Waals surface area (Å²) in [6.07, 6.45) is -4.58. The van der Waals surface area contributed by atoms with Crippen LogP contribution in [0.4, 0.5) is 9.59 Å². The quantitative estimate of drug-likeness (QED) is 0.256. The molecular formula is C7H12O13P2. The van der Waals surface area contributed by atoms with Gasteiger partial charge < -0.3 is 30.2 Å². The van der Waals surface area contributed by atoms with Crippen LogP contribution in [0, 0.1) is 0 Å². The Bertz CT molecular complexity index is 541. The second-order valence-corrected chi connectivity index (χ2v) is 6.94. The van der Waals surface area contributed by atoms with E-state index in [-0.39, 0.29) is 0 Å². The summed E-state index contributed by atoms with van der Waals surface area (Å²) >= 11 is 0. The molecule has 0 saturated carbocycles. The third-order valence-electron chi connectivity index (χ3n) is 1.98. The zero-order chi connectivity index (χ0) is 17.7. The monoisotopic (exact) mass is 366 g/mol. The van der Waals surface area contributed by atoms with Crippen LogP contribution in [0.3, 0.4) is 0 Å². The molecule has 0 aromatic rings. The van der Waals surface area contributed by atoms with E-state index in [1.807, 2.05) is 0 Å². The van der Waals surface area contributed by atoms with E-state index in [2.05, 4.69) is 9.05 Å². The van der Waals surface area contributed by atoms with Crippen molar-refractivity contribution in [3.63, 3.8) is 0 Å². The molecule has 2 unspecified atom stereocenters. The molecule has 0 bridgehead atoms. The minimum atomic E-state index is -5.40. The molecule has 0 aromatic heterocycles. The lowest BCUT2D eigenvalue weighted by atomic mass is 10.1. The summed E-state index contributed by atoms with van der Waals surface area (Å²) in [5.74, 6) is -1.55. The third kappa shape index (κ3) is 5.91. The van der Waals surface area contributed by atoms with Gasteiger partial charge in [-0.15, -0.1) is 0 Å². The normalized spacial score (nSPS) is 19.5. The number of hydrogen-bond donors (Lipinski definition) is 6. The maximum atomic E-state index is 11.5. The predicted molar refractivity (Wildman–Crippen MR) is 64.6 cm³/mol. The molecule has 0 aliphatic heterocycles. The van der Waals surface area contributed by atoms with Crippen LogP contribution < -0.4 is 0 Å². The maximum absolute atomic E-state index is 11.5. The van der Waals surface area contributed by atoms with Crippen molar-refractivity contribution in [3.05, 3.63) is 0 Å². The lowest BCUT2D eigenvalue weighted by Crippen LogP contribution is -2.40. The number of hydrogen-bond acceptors (Lipinski definition) is 9. The van der Waals surface area contributed by atoms with Crippen molar-refractivity contribution < 1.29 is 62.8 Å². The summed E-state index contributed by atoms with van der Waals surface area (Å²) in [5.41, 5.74) is -4.66. The van der Waals surface area contributed by atoms with Gasteiger partial charge in [-0.1, -0.05) is 0 Å². The first-order chi connectivity index (χ1) is 9.85. The molecule has 13 nitrogen and oxygen atoms in total. The van der Waals surface area contributed by atoms with Crippen LogP contribution in [0.5, 0.6) is 0 Å². The van der Waals surface area contributed by atoms with E-state index in [0.717, 1.165) is 0 Å². The first-order valence-electron chi connectivity index (χ1n) is 5.12. The van der Waals surface area contributed by atoms with E-state index in [1.54, 1.807) is 0 Å². The minimum Gasteiger partial charge on any atom is -0.472 e. The van der Waals surface area contributed by atoms with E-state index in [1.165, 1.54) is 0 Å². The molecule has 0 aliphatic rings. The van der Waals surface area contributed by atoms with Gasteiger partial charge in [0.05, 0.1) is 6.61 Å². The van der Waals surface area contributed by atoms with Crippen LogP contribution in [0.2, 0.25) is 0 Å². The van der Waals surface area contributed by atoms with Gasteiger partial charge in [-0.25, -0.2) is 18.7 Å². The van der Waals surface area contributed by atoms with Gasteiger partial charge in [-0.2, -0.15) is 0 Å². The minimum absolute atomic E-state index is 1.20. The van der Waals surface area contributed by atoms with Gasteiger partial charge in [0.1, 0.15) is 12.7 Å². The smallest absolute Gasteiger partial charge is 0.436 e. The lowest BCUT2D eigenvalue weighted by Gasteiger charge is -2.21. The third-order valence-corrected chi connectivity index (χ3v) is 3.93. The Morgan fingerprint density at radius 1 is 1.00 bits per heavy atom. The van der Waals surface area contributed by atoms with E-state index in [0.29, 0.717) is 0 Å². The fourth-order valence-electron chi connectivity index (χ4n) is 0.927. The van der Waals surface area contributed by atoms with E-state index in [9.17, 15) is 28.6 Å². The molecule has 128 valence electrons. The topological polar surface area (TPSA) is 225 Å². The molecule has 6 N–H and O–H groups in total. The summed E-state index contributed by atoms with van der Waals surface area (Å²) in [4.78, 5) is 49.9. The van der Waals surface area contributed by atoms with Crippen molar-refractivity contribution in [1.82, 2.24) is 0 Å². The highest BCUT2D eigenvalue weighted by Crippen LogP contribution is 2.45. The molecule has 22 heavy (non-hydrogen) atoms. The van der Waals surface area contributed by atoms with Gasteiger partial charge in [-0.3, -0.25) is 13.8 Å². The van der Waals surface area contributed by atoms with Crippen LogP contribution in [-0.2, 0) is 23.0 Å². The molecular weight excluding hydrogens is 354 g/mol. The van der Waals surface area contributed by atoms with Gasteiger partial charge in [0.2, 0.25) is 0 Å². The van der Waals surface area contributed by atoms with Crippen molar-refractivity contribution in [2.24, 2.45) is 0 Å². The molecule has 0 aromatic carbocycles. The average Bonchev–Trinajstić information content (AvgIpc) is 2.41. The van der Waals surface area contributed by atoms with E-state index in [4.69, 9.17) is 25.1 Å². The van der Waals surface area contributed by atoms with Crippen molar-refractivity contribution in [2.45, 2.75) is 12.2 Å². The zero-order valence-electron chi connectivity index (χ0n) is 10.5. The van der Waals surface area contributed by atoms with E-state index >= 15 is 0 Å². The van der Waals surface area contributed by atoms with Crippen LogP contribution in [0.1, 0.15) is 0 Å². The van der Waals surface area contributed by atoms with Crippen LogP contribution in [-0.4, -0.2) is 72.8 Å². The van der Waals surface area contributed by atoms with Gasteiger partial charge >= 0.3 is 26.6 Å². The highest BCUT2D eigenvalue weighted by atomic mass is 31.2. The molecule has 4 atom stereocenters. The van der Waals surface area contributed by atoms with Gasteiger partial charge in [0.15, 0.2) is 11.9 Å². The predicted octanol–water partition coefficient (Wildman–Crippen LogP) is -0.963. The first-order valence-corrected chi connectivity index (χ1v) is 8.27. The standard InChI is InChI=1S/C7H12O13P2/c8-1-3(9)5(20-22(17,18)7(13)14)4(10)2-19-21(15,16)6(11)12/h3,5,8-9H,1-2H2,(H,11,12)(H,13,14)(H,15,16)(H,17,18)/t3-,5-/m1/s1. The van der Waals surface area contributed by atoms with E-state index < -0.39 is 57.8 Å². The fraction of sp³-hybridized carbons (Fsp3) is 0.571. The molecule has 0 rings (SSSR count). The highest BCUT2D eigenvalue weighted by molar-refractivity contribution is 7.70. The number of aliphatic hydroxyl groups excluding tert-OH is 2. The summed E-state index contributed by atoms with van der Waals surface area (Å²) in [5, 5.41) is 34.6. The molecule has 0 heterocycles. The Hall–Kier alpha value is -1.17. The number of carbonyl (C=O) groups excluding carboxylic acids is 1. The Morgan fingerprint density at radius 2 is 1.45 bits per heavy atom. The van der Waals surface area contributed by atoms with Crippen LogP contribution in [0.25, 0.3) is 0 Å². The average molecular weight is 366 g/mol. The molecule has 0 aliphatic carbocycles. The van der Waals surface area contributed by atoms with Crippen molar-refractivity contribution in [1.29, 1.82) is 0 Å². The highest BCUT2D eigenvalue weighted by Gasteiger charge is 2.41. The SMILES string of the molecule is O=C(COP(=O)(O)C(=O)O)[C@H](OP(=O)(O)C(=O)O)[C@H](O)CO. The molecule has 0 saturated heterocycles. The number of rotatable bonds is 10. The molecule has 0 fully saturated rings. The van der Waals surface area contributed by atoms with Gasteiger partial charge in [0, 0.05) is 0 Å². The van der Waals surface area contributed by atoms with Crippen molar-refractivity contribution in [3.8, 4) is 0 Å². The first kappa shape index (κ1) is 20.8. The van der Waals surface area contributed by atoms with Gasteiger partial charge in [-0.05, 0) is 0 Å². The second-order valence-electron chi connectivity index (χ2n) is 3.62. The number of ketones is 1. The maximum Gasteiger partial charge on any atom is 0.436 e. The number of Topliss-reactive ketones (excluding diaryl/α,β-unsaturated/α-hetero) is 1. The van der Waals surface area contributed by atoms with Crippen molar-refractivity contribution >= 4 is 32.4 Å². The molecule has 0 radical (unpaired) electrons. The Balaban J connectivity index is 5.10. The number of carboxylic acid groups (broad SMARTS) is 2. The molecule has 15 heteroatoms. The Kier molecular flexibility index (Phi) is 7.48. The zero-order valence-corrected chi connectivity index (χ0v) is 12.3. The van der Waals surface area contributed by atoms with Crippen LogP contribution >= 0.6 is 15.2 Å². The summed E-state index contributed by atoms with van der Waals surface area (Å²) in [7, 11) is -10.6. The van der Waals surface area contributed by atoms with Gasteiger partial charge in [0.25, 0.3) is 0 Å². The molecule has 0 spiro atoms. The van der Waals surface area contributed by atoms with Crippen LogP contribution in [0.15, 0.2) is 0 Å². The second kappa shape index (κ2) is 7.90. The fourth-order valence-corrected chi connectivity index (χ4v) is 2.00. The Labute approximate surface area is 121 Å². The summed E-state index contributed by atoms with van der Waals surface area (Å²) in [6, 6.07) is 0. The largest absolute Gasteiger partial charge is 0.472 e. The van der Waals surface area contributed by atoms with Crippen molar-refractivity contribution in [2.75, 3.05) is 13.2 Å². The number of carbonyl (C=O) groups is 3. The Morgan fingerprint density at radius 3 is 1.82 bits per heavy atom. The summed E-state index contributed by atoms with van der Waals surface area (Å²) < 4.78 is 29.9. The lowest BCUT2D eigenvalue weighted by molar-refractivity contribution is -0.134.